The number of halogens is 1. The molecule has 5 rings (SSSR count). The van der Waals surface area contributed by atoms with Gasteiger partial charge in [0.05, 0.1) is 18.2 Å². The van der Waals surface area contributed by atoms with Crippen LogP contribution in [0.25, 0.3) is 16.7 Å². The summed E-state index contributed by atoms with van der Waals surface area (Å²) >= 11 is 6.15. The second-order valence-electron chi connectivity index (χ2n) is 8.51. The van der Waals surface area contributed by atoms with Crippen LogP contribution >= 0.6 is 11.6 Å². The number of Topliss-reactive ketones (excluding diaryl/α,β-unsaturated/α-hetero) is 1. The van der Waals surface area contributed by atoms with E-state index in [1.807, 2.05) is 24.3 Å². The number of carbonyl (C=O) groups is 2. The fourth-order valence-electron chi connectivity index (χ4n) is 4.67. The zero-order chi connectivity index (χ0) is 25.6. The molecule has 0 aliphatic carbocycles. The Bertz CT molecular complexity index is 1550. The summed E-state index contributed by atoms with van der Waals surface area (Å²) in [4.78, 5) is 31.4. The molecule has 0 bridgehead atoms. The summed E-state index contributed by atoms with van der Waals surface area (Å²) in [5.74, 6) is -1.76. The van der Waals surface area contributed by atoms with Crippen molar-refractivity contribution in [3.63, 3.8) is 0 Å². The van der Waals surface area contributed by atoms with Crippen molar-refractivity contribution < 1.29 is 24.5 Å². The number of phenolic OH excluding ortho intramolecular Hbond substituents is 1. The average molecular weight is 503 g/mol. The van der Waals surface area contributed by atoms with E-state index in [0.29, 0.717) is 39.4 Å². The summed E-state index contributed by atoms with van der Waals surface area (Å²) in [6, 6.07) is 16.0. The summed E-state index contributed by atoms with van der Waals surface area (Å²) in [6.45, 7) is 3.88. The monoisotopic (exact) mass is 502 g/mol. The van der Waals surface area contributed by atoms with Crippen LogP contribution in [0.1, 0.15) is 29.7 Å². The predicted molar refractivity (Wildman–Crippen MR) is 139 cm³/mol. The Hall–Kier alpha value is -4.23. The van der Waals surface area contributed by atoms with E-state index in [0.717, 1.165) is 5.52 Å². The van der Waals surface area contributed by atoms with Crippen molar-refractivity contribution in [2.75, 3.05) is 11.5 Å². The number of aromatic hydroxyl groups is 1. The van der Waals surface area contributed by atoms with E-state index in [9.17, 15) is 19.8 Å². The SMILES string of the molecule is CCOc1cc(C2/C(=C(/O)c3c[nH]c4ccccc34)C(=O)C(=O)N2c2ccc(Cl)cc2C)ccc1O. The Balaban J connectivity index is 1.78. The minimum atomic E-state index is -0.974. The summed E-state index contributed by atoms with van der Waals surface area (Å²) in [7, 11) is 0. The maximum atomic E-state index is 13.5. The molecule has 182 valence electrons. The molecule has 1 fully saturated rings. The number of hydrogen-bond donors (Lipinski definition) is 3. The summed E-state index contributed by atoms with van der Waals surface area (Å²) in [6.07, 6.45) is 1.61. The first-order valence-electron chi connectivity index (χ1n) is 11.4. The Morgan fingerprint density at radius 3 is 2.64 bits per heavy atom. The van der Waals surface area contributed by atoms with Crippen LogP contribution in [0.3, 0.4) is 0 Å². The molecule has 0 radical (unpaired) electrons. The first kappa shape index (κ1) is 23.5. The number of fused-ring (bicyclic) bond motifs is 1. The van der Waals surface area contributed by atoms with E-state index in [-0.39, 0.29) is 22.8 Å². The number of phenols is 1. The van der Waals surface area contributed by atoms with E-state index in [2.05, 4.69) is 4.98 Å². The Morgan fingerprint density at radius 2 is 1.89 bits per heavy atom. The minimum absolute atomic E-state index is 0.0627. The molecule has 7 nitrogen and oxygen atoms in total. The molecule has 2 heterocycles. The number of aliphatic hydroxyl groups excluding tert-OH is 1. The normalized spacial score (nSPS) is 17.2. The highest BCUT2D eigenvalue weighted by atomic mass is 35.5. The Morgan fingerprint density at radius 1 is 1.11 bits per heavy atom. The quantitative estimate of drug-likeness (QED) is 0.180. The molecule has 3 N–H and O–H groups in total. The number of nitrogens with one attached hydrogen (secondary N) is 1. The average Bonchev–Trinajstić information content (AvgIpc) is 3.40. The lowest BCUT2D eigenvalue weighted by molar-refractivity contribution is -0.132. The predicted octanol–water partition coefficient (Wildman–Crippen LogP) is 5.86. The van der Waals surface area contributed by atoms with Crippen LogP contribution in [0.15, 0.2) is 72.4 Å². The molecule has 1 saturated heterocycles. The van der Waals surface area contributed by atoms with Gasteiger partial charge in [0.15, 0.2) is 11.5 Å². The lowest BCUT2D eigenvalue weighted by Gasteiger charge is -2.27. The molecule has 1 aromatic heterocycles. The summed E-state index contributed by atoms with van der Waals surface area (Å²) < 4.78 is 5.56. The van der Waals surface area contributed by atoms with Gasteiger partial charge >= 0.3 is 0 Å². The fourth-order valence-corrected chi connectivity index (χ4v) is 4.90. The van der Waals surface area contributed by atoms with Crippen LogP contribution in [0, 0.1) is 6.92 Å². The lowest BCUT2D eigenvalue weighted by Crippen LogP contribution is -2.30. The molecule has 1 amide bonds. The first-order chi connectivity index (χ1) is 17.3. The van der Waals surface area contributed by atoms with Gasteiger partial charge in [0, 0.05) is 33.4 Å². The van der Waals surface area contributed by atoms with Crippen molar-refractivity contribution in [3.8, 4) is 11.5 Å². The first-order valence-corrected chi connectivity index (χ1v) is 11.8. The molecule has 1 unspecified atom stereocenters. The van der Waals surface area contributed by atoms with Gasteiger partial charge < -0.3 is 19.9 Å². The van der Waals surface area contributed by atoms with E-state index >= 15 is 0 Å². The highest BCUT2D eigenvalue weighted by Gasteiger charge is 2.47. The molecule has 1 aliphatic rings. The van der Waals surface area contributed by atoms with Crippen molar-refractivity contribution in [2.45, 2.75) is 19.9 Å². The fraction of sp³-hybridized carbons (Fsp3) is 0.143. The smallest absolute Gasteiger partial charge is 0.300 e. The Kier molecular flexibility index (Phi) is 5.94. The highest BCUT2D eigenvalue weighted by Crippen LogP contribution is 2.45. The van der Waals surface area contributed by atoms with Gasteiger partial charge in [0.2, 0.25) is 0 Å². The van der Waals surface area contributed by atoms with E-state index in [1.165, 1.54) is 11.0 Å². The molecule has 1 atom stereocenters. The Labute approximate surface area is 212 Å². The van der Waals surface area contributed by atoms with Crippen molar-refractivity contribution in [2.24, 2.45) is 0 Å². The van der Waals surface area contributed by atoms with Crippen molar-refractivity contribution in [1.29, 1.82) is 0 Å². The molecule has 36 heavy (non-hydrogen) atoms. The second-order valence-corrected chi connectivity index (χ2v) is 8.94. The van der Waals surface area contributed by atoms with Crippen molar-refractivity contribution >= 4 is 45.6 Å². The van der Waals surface area contributed by atoms with Crippen LogP contribution in [0.5, 0.6) is 11.5 Å². The van der Waals surface area contributed by atoms with Crippen LogP contribution in [-0.4, -0.2) is 33.5 Å². The molecule has 0 saturated carbocycles. The van der Waals surface area contributed by atoms with Crippen molar-refractivity contribution in [1.82, 2.24) is 4.98 Å². The van der Waals surface area contributed by atoms with E-state index < -0.39 is 17.7 Å². The largest absolute Gasteiger partial charge is 0.507 e. The van der Waals surface area contributed by atoms with E-state index in [1.54, 1.807) is 50.4 Å². The molecule has 1 aliphatic heterocycles. The number of H-pyrrole nitrogens is 1. The number of aryl methyl sites for hydroxylation is 1. The van der Waals surface area contributed by atoms with Gasteiger partial charge in [-0.15, -0.1) is 0 Å². The maximum absolute atomic E-state index is 13.5. The molecule has 8 heteroatoms. The number of aromatic nitrogens is 1. The van der Waals surface area contributed by atoms with Gasteiger partial charge in [-0.1, -0.05) is 35.9 Å². The number of benzene rings is 3. The third-order valence-electron chi connectivity index (χ3n) is 6.31. The molecular weight excluding hydrogens is 480 g/mol. The molecule has 3 aromatic carbocycles. The number of para-hydroxylation sites is 1. The number of hydrogen-bond acceptors (Lipinski definition) is 5. The van der Waals surface area contributed by atoms with Crippen LogP contribution in [0.4, 0.5) is 5.69 Å². The zero-order valence-corrected chi connectivity index (χ0v) is 20.3. The van der Waals surface area contributed by atoms with Gasteiger partial charge in [-0.05, 0) is 61.4 Å². The number of anilines is 1. The van der Waals surface area contributed by atoms with Gasteiger partial charge in [0.1, 0.15) is 5.76 Å². The zero-order valence-electron chi connectivity index (χ0n) is 19.6. The topological polar surface area (TPSA) is 103 Å². The summed E-state index contributed by atoms with van der Waals surface area (Å²) in [5.41, 5.74) is 2.78. The van der Waals surface area contributed by atoms with Crippen LogP contribution in [0.2, 0.25) is 5.02 Å². The van der Waals surface area contributed by atoms with E-state index in [4.69, 9.17) is 16.3 Å². The number of rotatable bonds is 5. The van der Waals surface area contributed by atoms with Gasteiger partial charge in [0.25, 0.3) is 11.7 Å². The van der Waals surface area contributed by atoms with Crippen LogP contribution in [-0.2, 0) is 9.59 Å². The summed E-state index contributed by atoms with van der Waals surface area (Å²) in [5, 5.41) is 23.0. The number of carbonyl (C=O) groups excluding carboxylic acids is 2. The number of ether oxygens (including phenoxy) is 1. The number of nitrogens with zero attached hydrogens (tertiary/aromatic N) is 1. The minimum Gasteiger partial charge on any atom is -0.507 e. The van der Waals surface area contributed by atoms with Gasteiger partial charge in [-0.3, -0.25) is 14.5 Å². The lowest BCUT2D eigenvalue weighted by atomic mass is 9.94. The maximum Gasteiger partial charge on any atom is 0.300 e. The van der Waals surface area contributed by atoms with Gasteiger partial charge in [-0.2, -0.15) is 0 Å². The van der Waals surface area contributed by atoms with Crippen molar-refractivity contribution in [3.05, 3.63) is 94.1 Å². The number of amides is 1. The van der Waals surface area contributed by atoms with Crippen LogP contribution < -0.4 is 9.64 Å². The third kappa shape index (κ3) is 3.78. The molecular formula is C28H23ClN2O5. The third-order valence-corrected chi connectivity index (χ3v) is 6.54. The highest BCUT2D eigenvalue weighted by molar-refractivity contribution is 6.52. The number of aromatic amines is 1. The number of ketones is 1. The van der Waals surface area contributed by atoms with Gasteiger partial charge in [-0.25, -0.2) is 0 Å². The second kappa shape index (κ2) is 9.09. The number of aliphatic hydroxyl groups is 1. The molecule has 4 aromatic rings. The molecule has 0 spiro atoms. The standard InChI is InChI=1S/C28H23ClN2O5/c1-3-36-23-13-16(8-11-22(23)32)25-24(26(33)19-14-30-20-7-5-4-6-18(19)20)27(34)28(35)31(25)21-10-9-17(29)12-15(21)2/h4-14,25,30,32-33H,3H2,1-2H3/b26-24-.